The summed E-state index contributed by atoms with van der Waals surface area (Å²) in [5.41, 5.74) is 4.55. The molecule has 0 aliphatic carbocycles. The average Bonchev–Trinajstić information content (AvgIpc) is 3.48. The minimum absolute atomic E-state index is 0.0404. The summed E-state index contributed by atoms with van der Waals surface area (Å²) in [6.07, 6.45) is 10.6. The Morgan fingerprint density at radius 2 is 1.97 bits per heavy atom. The molecule has 2 aromatic heterocycles. The summed E-state index contributed by atoms with van der Waals surface area (Å²) in [7, 11) is 1.08. The largest absolute Gasteiger partial charge is 0.478 e. The van der Waals surface area contributed by atoms with Gasteiger partial charge >= 0.3 is 5.97 Å². The Bertz CT molecular complexity index is 1520. The van der Waals surface area contributed by atoms with Crippen LogP contribution in [-0.2, 0) is 24.9 Å². The van der Waals surface area contributed by atoms with Crippen LogP contribution in [0.3, 0.4) is 0 Å². The van der Waals surface area contributed by atoms with Crippen LogP contribution in [0.4, 0.5) is 20.2 Å². The van der Waals surface area contributed by atoms with Crippen LogP contribution in [0.1, 0.15) is 34.3 Å². The molecule has 208 valence electrons. The quantitative estimate of drug-likeness (QED) is 0.241. The van der Waals surface area contributed by atoms with E-state index in [0.717, 1.165) is 41.0 Å². The molecule has 7 nitrogen and oxygen atoms in total. The van der Waals surface area contributed by atoms with E-state index in [4.69, 9.17) is 4.74 Å². The molecular formula is C29H34F2N4O3S. The molecule has 0 saturated carbocycles. The third-order valence-corrected chi connectivity index (χ3v) is 8.49. The van der Waals surface area contributed by atoms with E-state index in [0.29, 0.717) is 29.7 Å². The predicted octanol–water partition coefficient (Wildman–Crippen LogP) is 6.43. The maximum atomic E-state index is 14.2. The number of aromatic carboxylic acids is 1. The fraction of sp³-hybridized carbons (Fsp3) is 0.379. The van der Waals surface area contributed by atoms with Gasteiger partial charge in [-0.2, -0.15) is 5.10 Å². The second kappa shape index (κ2) is 10.7. The zero-order chi connectivity index (χ0) is 27.9. The highest BCUT2D eigenvalue weighted by atomic mass is 32.3. The van der Waals surface area contributed by atoms with E-state index >= 15 is 0 Å². The number of halogens is 2. The van der Waals surface area contributed by atoms with Crippen LogP contribution < -0.4 is 4.90 Å². The summed E-state index contributed by atoms with van der Waals surface area (Å²) < 4.78 is 37.8. The second-order valence-electron chi connectivity index (χ2n) is 10.9. The fourth-order valence-corrected chi connectivity index (χ4v) is 5.73. The number of hydrogen-bond donors (Lipinski definition) is 1. The summed E-state index contributed by atoms with van der Waals surface area (Å²) in [4.78, 5) is 14.1. The number of anilines is 2. The van der Waals surface area contributed by atoms with Gasteiger partial charge in [0.25, 0.3) is 6.43 Å². The Balaban J connectivity index is 1.51. The van der Waals surface area contributed by atoms with Crippen LogP contribution in [0, 0.1) is 0 Å². The molecule has 1 aliphatic rings. The smallest absolute Gasteiger partial charge is 0.337 e. The Morgan fingerprint density at radius 1 is 1.18 bits per heavy atom. The molecule has 0 radical (unpaired) electrons. The molecular weight excluding hydrogens is 522 g/mol. The molecule has 5 rings (SSSR count). The minimum Gasteiger partial charge on any atom is -0.478 e. The van der Waals surface area contributed by atoms with Gasteiger partial charge in [-0.3, -0.25) is 4.68 Å². The molecule has 4 aromatic rings. The maximum Gasteiger partial charge on any atom is 0.337 e. The average molecular weight is 557 g/mol. The number of carbonyl (C=O) groups is 1. The van der Waals surface area contributed by atoms with Crippen molar-refractivity contribution >= 4 is 38.3 Å². The first-order valence-electron chi connectivity index (χ1n) is 12.8. The monoisotopic (exact) mass is 556 g/mol. The molecule has 0 unspecified atom stereocenters. The summed E-state index contributed by atoms with van der Waals surface area (Å²) in [5.74, 6) is -0.0465. The molecule has 0 saturated heterocycles. The van der Waals surface area contributed by atoms with Crippen molar-refractivity contribution < 1.29 is 23.4 Å². The number of carboxylic acid groups (broad SMARTS) is 1. The van der Waals surface area contributed by atoms with Crippen molar-refractivity contribution in [1.29, 1.82) is 0 Å². The summed E-state index contributed by atoms with van der Waals surface area (Å²) in [6, 6.07) is 9.10. The molecule has 0 amide bonds. The third-order valence-electron chi connectivity index (χ3n) is 7.10. The first-order chi connectivity index (χ1) is 18.5. The third kappa shape index (κ3) is 5.67. The van der Waals surface area contributed by atoms with Gasteiger partial charge in [0.15, 0.2) is 0 Å². The van der Waals surface area contributed by atoms with Crippen LogP contribution in [0.25, 0.3) is 22.0 Å². The first kappa shape index (κ1) is 27.2. The molecule has 10 heteroatoms. The summed E-state index contributed by atoms with van der Waals surface area (Å²) >= 11 is 0. The predicted molar refractivity (Wildman–Crippen MR) is 154 cm³/mol. The summed E-state index contributed by atoms with van der Waals surface area (Å²) in [6.45, 7) is 1.52. The molecule has 3 heterocycles. The van der Waals surface area contributed by atoms with Crippen LogP contribution in [0.2, 0.25) is 0 Å². The molecule has 0 bridgehead atoms. The summed E-state index contributed by atoms with van der Waals surface area (Å²) in [5, 5.41) is 14.7. The number of benzene rings is 2. The van der Waals surface area contributed by atoms with E-state index in [1.165, 1.54) is 0 Å². The molecule has 39 heavy (non-hydrogen) atoms. The van der Waals surface area contributed by atoms with Gasteiger partial charge in [0.05, 0.1) is 23.9 Å². The Morgan fingerprint density at radius 3 is 2.64 bits per heavy atom. The van der Waals surface area contributed by atoms with Crippen molar-refractivity contribution in [3.63, 3.8) is 0 Å². The highest BCUT2D eigenvalue weighted by Gasteiger charge is 2.25. The first-order valence-corrected chi connectivity index (χ1v) is 15.9. The normalized spacial score (nSPS) is 14.3. The number of carboxylic acids is 1. The van der Waals surface area contributed by atoms with E-state index in [1.807, 2.05) is 33.7 Å². The van der Waals surface area contributed by atoms with Gasteiger partial charge < -0.3 is 19.3 Å². The van der Waals surface area contributed by atoms with Crippen LogP contribution >= 0.6 is 10.0 Å². The van der Waals surface area contributed by atoms with Crippen molar-refractivity contribution in [2.75, 3.05) is 42.6 Å². The SMILES string of the molecule is Cn1cc(-c2cc3c(cc2C(F)F)N(c2ccc4c(c2)c(C(=O)O)cn4COCCS(C)(C)C)CCC3)cn1. The molecule has 1 aliphatic heterocycles. The molecule has 0 fully saturated rings. The van der Waals surface area contributed by atoms with Gasteiger partial charge in [0.2, 0.25) is 0 Å². The van der Waals surface area contributed by atoms with Crippen molar-refractivity contribution in [2.45, 2.75) is 26.0 Å². The molecule has 2 aromatic carbocycles. The zero-order valence-electron chi connectivity index (χ0n) is 22.7. The highest BCUT2D eigenvalue weighted by molar-refractivity contribution is 8.32. The van der Waals surface area contributed by atoms with Gasteiger partial charge in [-0.25, -0.2) is 23.6 Å². The standard InChI is InChI=1S/C29H34F2N4O3S/c1-33-16-20(15-32-33)22-12-19-6-5-9-35(27(19)14-24(22)28(30)31)21-7-8-26-23(13-21)25(29(36)37)17-34(26)18-38-10-11-39(2,3)4/h7-8,12-17,28H,5-6,9-11,18H2,1-4H3,(H,36,37). The zero-order valence-corrected chi connectivity index (χ0v) is 23.5. The highest BCUT2D eigenvalue weighted by Crippen LogP contribution is 2.42. The van der Waals surface area contributed by atoms with Crippen LogP contribution in [-0.4, -0.2) is 63.1 Å². The number of ether oxygens (including phenoxy) is 1. The lowest BCUT2D eigenvalue weighted by Gasteiger charge is -2.32. The van der Waals surface area contributed by atoms with Crippen LogP contribution in [0.15, 0.2) is 48.9 Å². The molecule has 1 N–H and O–H groups in total. The van der Waals surface area contributed by atoms with Gasteiger partial charge in [-0.15, -0.1) is 0 Å². The number of rotatable bonds is 9. The van der Waals surface area contributed by atoms with Crippen molar-refractivity contribution in [3.8, 4) is 11.1 Å². The van der Waals surface area contributed by atoms with E-state index in [-0.39, 0.29) is 17.9 Å². The van der Waals surface area contributed by atoms with E-state index in [2.05, 4.69) is 23.9 Å². The van der Waals surface area contributed by atoms with E-state index < -0.39 is 22.4 Å². The van der Waals surface area contributed by atoms with Gasteiger partial charge in [-0.1, -0.05) is 0 Å². The number of nitrogens with zero attached hydrogens (tertiary/aromatic N) is 4. The number of alkyl halides is 2. The number of aromatic nitrogens is 3. The van der Waals surface area contributed by atoms with Gasteiger partial charge in [-0.05, 0) is 73.1 Å². The second-order valence-corrected chi connectivity index (χ2v) is 15.5. The lowest BCUT2D eigenvalue weighted by molar-refractivity contribution is 0.0696. The van der Waals surface area contributed by atoms with Crippen molar-refractivity contribution in [1.82, 2.24) is 14.3 Å². The maximum absolute atomic E-state index is 14.2. The van der Waals surface area contributed by atoms with E-state index in [1.54, 1.807) is 36.4 Å². The number of aryl methyl sites for hydroxylation is 2. The van der Waals surface area contributed by atoms with Crippen molar-refractivity contribution in [3.05, 3.63) is 65.6 Å². The Labute approximate surface area is 228 Å². The Hall–Kier alpha value is -3.37. The minimum atomic E-state index is -2.65. The van der Waals surface area contributed by atoms with E-state index in [9.17, 15) is 18.7 Å². The van der Waals surface area contributed by atoms with Crippen molar-refractivity contribution in [2.24, 2.45) is 7.05 Å². The lowest BCUT2D eigenvalue weighted by atomic mass is 9.92. The number of hydrogen-bond acceptors (Lipinski definition) is 4. The van der Waals surface area contributed by atoms with Gasteiger partial charge in [0.1, 0.15) is 6.73 Å². The van der Waals surface area contributed by atoms with Gasteiger partial charge in [0, 0.05) is 59.6 Å². The molecule has 0 spiro atoms. The Kier molecular flexibility index (Phi) is 7.43. The lowest BCUT2D eigenvalue weighted by Crippen LogP contribution is -2.25. The number of fused-ring (bicyclic) bond motifs is 2. The molecule has 0 atom stereocenters. The topological polar surface area (TPSA) is 72.5 Å². The fourth-order valence-electron chi connectivity index (χ4n) is 5.11. The van der Waals surface area contributed by atoms with Crippen LogP contribution in [0.5, 0.6) is 0 Å².